The van der Waals surface area contributed by atoms with Crippen molar-refractivity contribution in [2.45, 2.75) is 70.3 Å². The molecule has 3 N–H and O–H groups in total. The maximum atomic E-state index is 14.4. The summed E-state index contributed by atoms with van der Waals surface area (Å²) in [6.45, 7) is 2.17. The van der Waals surface area contributed by atoms with Crippen molar-refractivity contribution in [1.29, 1.82) is 0 Å². The van der Waals surface area contributed by atoms with Gasteiger partial charge in [-0.1, -0.05) is 72.3 Å². The fourth-order valence-corrected chi connectivity index (χ4v) is 6.68. The van der Waals surface area contributed by atoms with Gasteiger partial charge >= 0.3 is 0 Å². The first kappa shape index (κ1) is 30.3. The van der Waals surface area contributed by atoms with Gasteiger partial charge in [0.15, 0.2) is 0 Å². The summed E-state index contributed by atoms with van der Waals surface area (Å²) in [5, 5.41) is 19.6. The molecule has 8 nitrogen and oxygen atoms in total. The number of aliphatic hydroxyl groups excluding tert-OH is 1. The molecular weight excluding hydrogens is 596 g/mol. The first-order valence-corrected chi connectivity index (χ1v) is 15.7. The average molecular weight is 638 g/mol. The van der Waals surface area contributed by atoms with Gasteiger partial charge in [-0.3, -0.25) is 9.59 Å². The minimum Gasteiger partial charge on any atom is -0.496 e. The average Bonchev–Trinajstić information content (AvgIpc) is 3.11. The van der Waals surface area contributed by atoms with Crippen LogP contribution in [0.15, 0.2) is 59.1 Å². The second kappa shape index (κ2) is 13.4. The Labute approximate surface area is 256 Å². The summed E-state index contributed by atoms with van der Waals surface area (Å²) in [7, 11) is 3.35. The highest BCUT2D eigenvalue weighted by molar-refractivity contribution is 9.10. The Bertz CT molecular complexity index is 1430. The zero-order valence-corrected chi connectivity index (χ0v) is 26.2. The number of fused-ring (bicyclic) bond motifs is 2. The number of hydrogen-bond acceptors (Lipinski definition) is 6. The van der Waals surface area contributed by atoms with Crippen LogP contribution < -0.4 is 25.2 Å². The third-order valence-electron chi connectivity index (χ3n) is 8.78. The molecule has 1 fully saturated rings. The SMILES string of the molecule is CNC(C)C(=O)NC1CN(C(O)CC2CCCCC2)c2ccccc2N(Cc2c(OC)ccc3cc(Br)ccc23)C1=O. The third kappa shape index (κ3) is 6.43. The Hall–Kier alpha value is -3.14. The Morgan fingerprint density at radius 3 is 2.55 bits per heavy atom. The van der Waals surface area contributed by atoms with Gasteiger partial charge in [0.25, 0.3) is 5.91 Å². The highest BCUT2D eigenvalue weighted by atomic mass is 79.9. The van der Waals surface area contributed by atoms with Gasteiger partial charge in [-0.2, -0.15) is 0 Å². The Balaban J connectivity index is 1.58. The highest BCUT2D eigenvalue weighted by Gasteiger charge is 2.38. The summed E-state index contributed by atoms with van der Waals surface area (Å²) < 4.78 is 6.75. The van der Waals surface area contributed by atoms with Crippen LogP contribution in [0.2, 0.25) is 0 Å². The first-order valence-electron chi connectivity index (χ1n) is 14.9. The monoisotopic (exact) mass is 636 g/mol. The fourth-order valence-electron chi connectivity index (χ4n) is 6.30. The third-order valence-corrected chi connectivity index (χ3v) is 9.28. The minimum atomic E-state index is -0.864. The number of aliphatic hydroxyl groups is 1. The number of likely N-dealkylation sites (N-methyl/N-ethyl adjacent to an activating group) is 1. The molecule has 1 heterocycles. The van der Waals surface area contributed by atoms with E-state index in [1.165, 1.54) is 19.3 Å². The Morgan fingerprint density at radius 2 is 1.83 bits per heavy atom. The molecule has 9 heteroatoms. The van der Waals surface area contributed by atoms with E-state index in [0.717, 1.165) is 39.3 Å². The molecule has 3 unspecified atom stereocenters. The van der Waals surface area contributed by atoms with E-state index in [1.807, 2.05) is 59.5 Å². The number of hydrogen-bond donors (Lipinski definition) is 3. The fraction of sp³-hybridized carbons (Fsp3) is 0.455. The van der Waals surface area contributed by atoms with Crippen molar-refractivity contribution in [3.05, 3.63) is 64.6 Å². The number of carbonyl (C=O) groups is 2. The van der Waals surface area contributed by atoms with E-state index in [9.17, 15) is 14.7 Å². The van der Waals surface area contributed by atoms with Crippen molar-refractivity contribution < 1.29 is 19.4 Å². The molecule has 3 aromatic rings. The number of nitrogens with one attached hydrogen (secondary N) is 2. The summed E-state index contributed by atoms with van der Waals surface area (Å²) in [4.78, 5) is 31.2. The number of methoxy groups -OCH3 is 1. The summed E-state index contributed by atoms with van der Waals surface area (Å²) in [6.07, 6.45) is 5.67. The van der Waals surface area contributed by atoms with Crippen molar-refractivity contribution >= 4 is 49.9 Å². The first-order chi connectivity index (χ1) is 20.3. The topological polar surface area (TPSA) is 94.1 Å². The molecule has 0 saturated heterocycles. The van der Waals surface area contributed by atoms with Crippen LogP contribution in [-0.2, 0) is 16.1 Å². The van der Waals surface area contributed by atoms with Gasteiger partial charge in [0.1, 0.15) is 18.0 Å². The van der Waals surface area contributed by atoms with Crippen LogP contribution in [0.1, 0.15) is 51.0 Å². The van der Waals surface area contributed by atoms with Crippen LogP contribution in [0.5, 0.6) is 5.75 Å². The van der Waals surface area contributed by atoms with E-state index >= 15 is 0 Å². The molecule has 1 saturated carbocycles. The quantitative estimate of drug-likeness (QED) is 0.293. The maximum absolute atomic E-state index is 14.4. The second-order valence-corrected chi connectivity index (χ2v) is 12.4. The van der Waals surface area contributed by atoms with Gasteiger partial charge in [0, 0.05) is 16.6 Å². The summed E-state index contributed by atoms with van der Waals surface area (Å²) in [5.41, 5.74) is 2.34. The van der Waals surface area contributed by atoms with Gasteiger partial charge in [-0.25, -0.2) is 0 Å². The smallest absolute Gasteiger partial charge is 0.251 e. The lowest BCUT2D eigenvalue weighted by atomic mass is 9.86. The van der Waals surface area contributed by atoms with Crippen LogP contribution >= 0.6 is 15.9 Å². The van der Waals surface area contributed by atoms with E-state index in [0.29, 0.717) is 23.8 Å². The van der Waals surface area contributed by atoms with Gasteiger partial charge in [-0.05, 0) is 67.4 Å². The molecule has 0 radical (unpaired) electrons. The molecule has 0 spiro atoms. The van der Waals surface area contributed by atoms with Crippen molar-refractivity contribution in [3.63, 3.8) is 0 Å². The number of carbonyl (C=O) groups excluding carboxylic acids is 2. The van der Waals surface area contributed by atoms with Gasteiger partial charge in [-0.15, -0.1) is 0 Å². The number of benzene rings is 3. The minimum absolute atomic E-state index is 0.169. The molecule has 1 aliphatic carbocycles. The van der Waals surface area contributed by atoms with E-state index in [2.05, 4.69) is 26.6 Å². The summed E-state index contributed by atoms with van der Waals surface area (Å²) >= 11 is 3.57. The zero-order chi connectivity index (χ0) is 29.8. The molecule has 5 rings (SSSR count). The molecule has 0 bridgehead atoms. The molecule has 42 heavy (non-hydrogen) atoms. The zero-order valence-electron chi connectivity index (χ0n) is 24.6. The van der Waals surface area contributed by atoms with Gasteiger partial charge in [0.2, 0.25) is 5.91 Å². The number of nitrogens with zero attached hydrogens (tertiary/aromatic N) is 2. The van der Waals surface area contributed by atoms with E-state index in [1.54, 1.807) is 26.0 Å². The van der Waals surface area contributed by atoms with Crippen LogP contribution in [0.25, 0.3) is 10.8 Å². The largest absolute Gasteiger partial charge is 0.496 e. The maximum Gasteiger partial charge on any atom is 0.251 e. The molecule has 224 valence electrons. The van der Waals surface area contributed by atoms with Crippen LogP contribution in [0.3, 0.4) is 0 Å². The molecule has 3 aromatic carbocycles. The van der Waals surface area contributed by atoms with E-state index in [4.69, 9.17) is 4.74 Å². The second-order valence-electron chi connectivity index (χ2n) is 11.5. The predicted molar refractivity (Wildman–Crippen MR) is 171 cm³/mol. The van der Waals surface area contributed by atoms with Crippen molar-refractivity contribution in [2.75, 3.05) is 30.5 Å². The number of para-hydroxylation sites is 2. The molecule has 3 atom stereocenters. The summed E-state index contributed by atoms with van der Waals surface area (Å²) in [5.74, 6) is 0.615. The Kier molecular flexibility index (Phi) is 9.70. The highest BCUT2D eigenvalue weighted by Crippen LogP contribution is 2.39. The van der Waals surface area contributed by atoms with Gasteiger partial charge in [0.05, 0.1) is 31.1 Å². The van der Waals surface area contributed by atoms with E-state index in [-0.39, 0.29) is 24.9 Å². The summed E-state index contributed by atoms with van der Waals surface area (Å²) in [6, 6.07) is 16.4. The molecule has 2 aliphatic rings. The standard InChI is InChI=1S/C33H41BrN4O4/c1-21(35-2)32(40)36-27-20-37(31(39)17-22-9-5-4-6-10-22)28-11-7-8-12-29(28)38(33(27)41)19-26-25-15-14-24(34)18-23(25)13-16-30(26)42-3/h7-8,11-16,18,21-22,27,31,35,39H,4-6,9-10,17,19-20H2,1-3H3,(H,36,40). The normalized spacial score (nSPS) is 19.3. The van der Waals surface area contributed by atoms with Crippen molar-refractivity contribution in [3.8, 4) is 5.75 Å². The number of ether oxygens (including phenoxy) is 1. The molecular formula is C33H41BrN4O4. The van der Waals surface area contributed by atoms with Crippen molar-refractivity contribution in [1.82, 2.24) is 10.6 Å². The lowest BCUT2D eigenvalue weighted by Crippen LogP contribution is -2.56. The molecule has 2 amide bonds. The van der Waals surface area contributed by atoms with Crippen LogP contribution in [0, 0.1) is 5.92 Å². The number of rotatable bonds is 9. The van der Waals surface area contributed by atoms with Gasteiger partial charge < -0.3 is 30.3 Å². The van der Waals surface area contributed by atoms with E-state index < -0.39 is 18.3 Å². The lowest BCUT2D eigenvalue weighted by molar-refractivity contribution is -0.128. The molecule has 1 aliphatic heterocycles. The number of halogens is 1. The predicted octanol–water partition coefficient (Wildman–Crippen LogP) is 5.35. The van der Waals surface area contributed by atoms with Crippen LogP contribution in [-0.4, -0.2) is 55.9 Å². The van der Waals surface area contributed by atoms with Crippen molar-refractivity contribution in [2.24, 2.45) is 5.92 Å². The lowest BCUT2D eigenvalue weighted by Gasteiger charge is -2.34. The van der Waals surface area contributed by atoms with Crippen LogP contribution in [0.4, 0.5) is 11.4 Å². The number of amides is 2. The number of anilines is 2. The Morgan fingerprint density at radius 1 is 1.10 bits per heavy atom. The molecule has 0 aromatic heterocycles.